The monoisotopic (exact) mass is 254 g/mol. The van der Waals surface area contributed by atoms with E-state index in [9.17, 15) is 4.79 Å². The van der Waals surface area contributed by atoms with Gasteiger partial charge in [-0.3, -0.25) is 10.9 Å². The van der Waals surface area contributed by atoms with Crippen LogP contribution in [0.15, 0.2) is 42.6 Å². The summed E-state index contributed by atoms with van der Waals surface area (Å²) in [7, 11) is 1.95. The largest absolute Gasteiger partial charge is 0.351 e. The van der Waals surface area contributed by atoms with Gasteiger partial charge in [-0.05, 0) is 30.2 Å². The van der Waals surface area contributed by atoms with Crippen molar-refractivity contribution in [3.8, 4) is 0 Å². The van der Waals surface area contributed by atoms with Crippen molar-refractivity contribution in [1.29, 1.82) is 0 Å². The molecule has 0 amide bonds. The maximum atomic E-state index is 11.6. The second-order valence-electron chi connectivity index (χ2n) is 3.48. The first-order valence-corrected chi connectivity index (χ1v) is 4.87. The van der Waals surface area contributed by atoms with E-state index in [1.54, 1.807) is 12.2 Å². The molecule has 1 aromatic heterocycles. The molecule has 16 heavy (non-hydrogen) atoms. The third-order valence-corrected chi connectivity index (χ3v) is 2.38. The van der Waals surface area contributed by atoms with Crippen molar-refractivity contribution in [3.63, 3.8) is 0 Å². The number of ketones is 1. The van der Waals surface area contributed by atoms with Crippen LogP contribution in [0.5, 0.6) is 0 Å². The van der Waals surface area contributed by atoms with E-state index >= 15 is 0 Å². The number of nitrogens with zero attached hydrogens (tertiary/aromatic N) is 1. The van der Waals surface area contributed by atoms with Crippen molar-refractivity contribution in [2.24, 2.45) is 13.0 Å². The summed E-state index contributed by atoms with van der Waals surface area (Å²) in [5.74, 6) is -0.122. The molecule has 84 valence electrons. The van der Waals surface area contributed by atoms with Gasteiger partial charge < -0.3 is 4.57 Å². The van der Waals surface area contributed by atoms with Crippen LogP contribution in [0.1, 0.15) is 5.69 Å². The Labute approximate surface area is 106 Å². The van der Waals surface area contributed by atoms with Gasteiger partial charge in [-0.25, -0.2) is 12.2 Å². The van der Waals surface area contributed by atoms with E-state index in [4.69, 9.17) is 0 Å². The smallest absolute Gasteiger partial charge is 0.147 e. The zero-order valence-corrected chi connectivity index (χ0v) is 10.0. The predicted octanol–water partition coefficient (Wildman–Crippen LogP) is 2.15. The van der Waals surface area contributed by atoms with Crippen molar-refractivity contribution >= 4 is 11.9 Å². The standard InChI is InChI=1S/C13H12NO.Fe/c1-14-10-4-7-12(14)8-9-13(15)11-5-2-3-6-11;/h2-5,7-11H,1H3;/q-1;. The Kier molecular flexibility index (Phi) is 4.53. The molecule has 1 aliphatic rings. The molecule has 0 aromatic carbocycles. The zero-order chi connectivity index (χ0) is 10.7. The van der Waals surface area contributed by atoms with Crippen LogP contribution in [0.4, 0.5) is 0 Å². The van der Waals surface area contributed by atoms with Gasteiger partial charge in [0.2, 0.25) is 0 Å². The summed E-state index contributed by atoms with van der Waals surface area (Å²) < 4.78 is 1.97. The minimum Gasteiger partial charge on any atom is -0.351 e. The van der Waals surface area contributed by atoms with Crippen LogP contribution < -0.4 is 0 Å². The minimum atomic E-state index is -0.193. The van der Waals surface area contributed by atoms with Gasteiger partial charge >= 0.3 is 0 Å². The molecule has 1 heterocycles. The predicted molar refractivity (Wildman–Crippen MR) is 59.9 cm³/mol. The van der Waals surface area contributed by atoms with Gasteiger partial charge in [-0.1, -0.05) is 0 Å². The number of rotatable bonds is 3. The molecule has 1 atom stereocenters. The van der Waals surface area contributed by atoms with Crippen molar-refractivity contribution in [2.45, 2.75) is 0 Å². The number of hydrogen-bond donors (Lipinski definition) is 0. The Morgan fingerprint density at radius 3 is 2.94 bits per heavy atom. The number of hydrogen-bond acceptors (Lipinski definition) is 1. The Hall–Kier alpha value is -1.31. The van der Waals surface area contributed by atoms with Crippen molar-refractivity contribution < 1.29 is 21.9 Å². The summed E-state index contributed by atoms with van der Waals surface area (Å²) in [6.07, 6.45) is 13.8. The molecule has 0 aliphatic heterocycles. The number of aromatic nitrogens is 1. The van der Waals surface area contributed by atoms with Gasteiger partial charge in [-0.15, -0.1) is 0 Å². The van der Waals surface area contributed by atoms with Gasteiger partial charge in [0.1, 0.15) is 5.78 Å². The molecule has 0 N–H and O–H groups in total. The Morgan fingerprint density at radius 1 is 1.56 bits per heavy atom. The maximum Gasteiger partial charge on any atom is 0.147 e. The summed E-state index contributed by atoms with van der Waals surface area (Å²) in [4.78, 5) is 11.6. The number of aryl methyl sites for hydroxylation is 1. The van der Waals surface area contributed by atoms with Crippen LogP contribution in [0, 0.1) is 12.0 Å². The molecule has 2 nitrogen and oxygen atoms in total. The van der Waals surface area contributed by atoms with E-state index < -0.39 is 0 Å². The first-order chi connectivity index (χ1) is 7.27. The van der Waals surface area contributed by atoms with Gasteiger partial charge in [0, 0.05) is 36.0 Å². The third kappa shape index (κ3) is 2.84. The van der Waals surface area contributed by atoms with Crippen LogP contribution in [-0.2, 0) is 28.9 Å². The quantitative estimate of drug-likeness (QED) is 0.460. The first-order valence-electron chi connectivity index (χ1n) is 4.87. The molecule has 0 spiro atoms. The molecule has 1 unspecified atom stereocenters. The van der Waals surface area contributed by atoms with E-state index in [0.717, 1.165) is 5.69 Å². The molecule has 0 saturated heterocycles. The zero-order valence-electron chi connectivity index (χ0n) is 8.91. The topological polar surface area (TPSA) is 22.0 Å². The van der Waals surface area contributed by atoms with Crippen LogP contribution in [0.2, 0.25) is 0 Å². The maximum absolute atomic E-state index is 11.6. The average molecular weight is 254 g/mol. The summed E-state index contributed by atoms with van der Waals surface area (Å²) in [5.41, 5.74) is 1.02. The van der Waals surface area contributed by atoms with Gasteiger partial charge in [0.15, 0.2) is 0 Å². The Bertz CT molecular complexity index is 442. The fourth-order valence-electron chi connectivity index (χ4n) is 1.48. The summed E-state index contributed by atoms with van der Waals surface area (Å²) in [6, 6.07) is 3.92. The molecule has 2 rings (SSSR count). The number of carbonyl (C=O) groups is 1. The molecule has 0 radical (unpaired) electrons. The van der Waals surface area contributed by atoms with E-state index in [-0.39, 0.29) is 28.8 Å². The van der Waals surface area contributed by atoms with Gasteiger partial charge in [-0.2, -0.15) is 6.08 Å². The summed E-state index contributed by atoms with van der Waals surface area (Å²) >= 11 is 0. The molecule has 0 bridgehead atoms. The van der Waals surface area contributed by atoms with Gasteiger partial charge in [0.25, 0.3) is 0 Å². The van der Waals surface area contributed by atoms with E-state index in [0.29, 0.717) is 0 Å². The average Bonchev–Trinajstić information content (AvgIpc) is 2.85. The van der Waals surface area contributed by atoms with Crippen molar-refractivity contribution in [2.75, 3.05) is 0 Å². The number of carbonyl (C=O) groups excluding carboxylic acids is 1. The second-order valence-corrected chi connectivity index (χ2v) is 3.48. The second kappa shape index (κ2) is 5.69. The fourth-order valence-corrected chi connectivity index (χ4v) is 1.48. The summed E-state index contributed by atoms with van der Waals surface area (Å²) in [5, 5.41) is 0. The SMILES string of the molecule is Cn1cccc1C=CC(=O)C1[C-]=CC=C1.[Fe]. The molecule has 1 aromatic rings. The van der Waals surface area contributed by atoms with Crippen LogP contribution in [-0.4, -0.2) is 10.4 Å². The molecule has 3 heteroatoms. The molecule has 1 aliphatic carbocycles. The van der Waals surface area contributed by atoms with E-state index in [2.05, 4.69) is 6.08 Å². The normalized spacial score (nSPS) is 17.9. The van der Waals surface area contributed by atoms with E-state index in [1.165, 1.54) is 0 Å². The van der Waals surface area contributed by atoms with Gasteiger partial charge in [0.05, 0.1) is 0 Å². The van der Waals surface area contributed by atoms with E-state index in [1.807, 2.05) is 48.2 Å². The van der Waals surface area contributed by atoms with Crippen LogP contribution in [0.25, 0.3) is 6.08 Å². The first kappa shape index (κ1) is 12.8. The number of allylic oxidation sites excluding steroid dienone is 5. The Balaban J connectivity index is 0.00000128. The summed E-state index contributed by atoms with van der Waals surface area (Å²) in [6.45, 7) is 0. The molecular weight excluding hydrogens is 242 g/mol. The van der Waals surface area contributed by atoms with Crippen molar-refractivity contribution in [3.05, 3.63) is 54.4 Å². The molecular formula is C13H12FeNO-. The molecule has 0 saturated carbocycles. The van der Waals surface area contributed by atoms with Crippen molar-refractivity contribution in [1.82, 2.24) is 4.57 Å². The van der Waals surface area contributed by atoms with Crippen LogP contribution in [0.3, 0.4) is 0 Å². The third-order valence-electron chi connectivity index (χ3n) is 2.38. The molecule has 0 fully saturated rings. The van der Waals surface area contributed by atoms with Crippen LogP contribution >= 0.6 is 0 Å². The Morgan fingerprint density at radius 2 is 2.38 bits per heavy atom. The fraction of sp³-hybridized carbons (Fsp3) is 0.154. The minimum absolute atomic E-state index is 0.